The summed E-state index contributed by atoms with van der Waals surface area (Å²) in [5.41, 5.74) is 11.7. The Bertz CT molecular complexity index is 1640. The highest BCUT2D eigenvalue weighted by Crippen LogP contribution is 2.47. The monoisotopic (exact) mass is 450 g/mol. The van der Waals surface area contributed by atoms with Gasteiger partial charge in [0.15, 0.2) is 0 Å². The molecule has 0 radical (unpaired) electrons. The van der Waals surface area contributed by atoms with Gasteiger partial charge in [-0.3, -0.25) is 9.78 Å². The summed E-state index contributed by atoms with van der Waals surface area (Å²) in [5, 5.41) is 4.58. The summed E-state index contributed by atoms with van der Waals surface area (Å²) in [6, 6.07) is 14.0. The fourth-order valence-corrected chi connectivity index (χ4v) is 4.81. The summed E-state index contributed by atoms with van der Waals surface area (Å²) in [7, 11) is 0. The number of carbonyl (C=O) groups excluding carboxylic acids is 1. The lowest BCUT2D eigenvalue weighted by molar-refractivity contribution is -0.117. The van der Waals surface area contributed by atoms with Gasteiger partial charge >= 0.3 is 0 Å². The first kappa shape index (κ1) is 20.0. The highest BCUT2D eigenvalue weighted by molar-refractivity contribution is 6.09. The average Bonchev–Trinajstić information content (AvgIpc) is 3.19. The van der Waals surface area contributed by atoms with E-state index in [0.717, 1.165) is 33.3 Å². The number of nitrogens with zero attached hydrogens (tertiary/aromatic N) is 4. The summed E-state index contributed by atoms with van der Waals surface area (Å²) in [6.07, 6.45) is 4.42. The third-order valence-electron chi connectivity index (χ3n) is 6.26. The topological polar surface area (TPSA) is 98.7 Å². The Morgan fingerprint density at radius 1 is 1.18 bits per heavy atom. The number of fused-ring (bicyclic) bond motifs is 6. The number of rotatable bonds is 3. The number of nitrogen functional groups attached to an aromatic ring is 1. The van der Waals surface area contributed by atoms with E-state index in [1.165, 1.54) is 24.5 Å². The molecule has 1 amide bonds. The maximum atomic E-state index is 14.5. The van der Waals surface area contributed by atoms with Crippen LogP contribution in [0.25, 0.3) is 44.3 Å². The van der Waals surface area contributed by atoms with Gasteiger partial charge in [0, 0.05) is 34.8 Å². The molecule has 0 saturated carbocycles. The normalized spacial score (nSPS) is 14.6. The van der Waals surface area contributed by atoms with E-state index in [1.807, 2.05) is 34.9 Å². The second kappa shape index (κ2) is 7.48. The molecule has 1 atom stereocenters. The molecule has 2 aromatic carbocycles. The molecule has 1 aliphatic heterocycles. The molecule has 0 bridgehead atoms. The number of benzene rings is 2. The number of para-hydroxylation sites is 1. The van der Waals surface area contributed by atoms with Gasteiger partial charge < -0.3 is 15.6 Å². The van der Waals surface area contributed by atoms with E-state index in [2.05, 4.69) is 26.8 Å². The highest BCUT2D eigenvalue weighted by Gasteiger charge is 2.32. The van der Waals surface area contributed by atoms with Crippen LogP contribution < -0.4 is 11.1 Å². The fraction of sp³-hybridized carbons (Fsp3) is 0.0769. The number of halogens is 1. The van der Waals surface area contributed by atoms with Crippen LogP contribution in [0.1, 0.15) is 11.6 Å². The standard InChI is InChI=1S/C26H19FN6O/c1-2-21(34)32-20-12-33-24(18-10-16(27)7-8-17(18)20)22(23-25(28)30-13-31-26(23)33)15-9-14-5-3-4-6-19(14)29-11-15/h2-11,13,20H,1,12H2,(H,32,34)(H2,28,30,31)/t20-/m1/s1. The van der Waals surface area contributed by atoms with Gasteiger partial charge in [-0.1, -0.05) is 30.8 Å². The van der Waals surface area contributed by atoms with Crippen LogP contribution in [0.5, 0.6) is 0 Å². The maximum absolute atomic E-state index is 14.5. The van der Waals surface area contributed by atoms with E-state index >= 15 is 0 Å². The fourth-order valence-electron chi connectivity index (χ4n) is 4.81. The number of aromatic nitrogens is 4. The van der Waals surface area contributed by atoms with Crippen LogP contribution >= 0.6 is 0 Å². The van der Waals surface area contributed by atoms with E-state index in [4.69, 9.17) is 5.73 Å². The van der Waals surface area contributed by atoms with Crippen LogP contribution in [0.4, 0.5) is 10.2 Å². The molecule has 4 heterocycles. The number of anilines is 1. The number of nitrogens with one attached hydrogen (secondary N) is 1. The predicted molar refractivity (Wildman–Crippen MR) is 129 cm³/mol. The molecular formula is C26H19FN6O. The van der Waals surface area contributed by atoms with Gasteiger partial charge in [0.05, 0.1) is 22.6 Å². The Balaban J connectivity index is 1.70. The van der Waals surface area contributed by atoms with Gasteiger partial charge in [0.25, 0.3) is 0 Å². The van der Waals surface area contributed by atoms with Gasteiger partial charge in [-0.05, 0) is 35.9 Å². The Kier molecular flexibility index (Phi) is 4.41. The minimum absolute atomic E-state index is 0.312. The van der Waals surface area contributed by atoms with Crippen LogP contribution in [0.3, 0.4) is 0 Å². The quantitative estimate of drug-likeness (QED) is 0.397. The molecule has 0 aliphatic carbocycles. The van der Waals surface area contributed by atoms with Crippen molar-refractivity contribution in [3.8, 4) is 22.4 Å². The van der Waals surface area contributed by atoms with Crippen LogP contribution in [0, 0.1) is 5.82 Å². The average molecular weight is 450 g/mol. The Hall–Kier alpha value is -4.59. The minimum atomic E-state index is -0.400. The SMILES string of the molecule is C=CC(=O)N[C@@H]1Cn2c(c(-c3cnc4ccccc4c3)c3c(N)ncnc32)-c2cc(F)ccc21. The van der Waals surface area contributed by atoms with Gasteiger partial charge in [0.2, 0.25) is 5.91 Å². The zero-order valence-corrected chi connectivity index (χ0v) is 18.0. The maximum Gasteiger partial charge on any atom is 0.243 e. The number of pyridine rings is 1. The van der Waals surface area contributed by atoms with Crippen molar-refractivity contribution in [2.24, 2.45) is 0 Å². The van der Waals surface area contributed by atoms with E-state index in [-0.39, 0.29) is 11.7 Å². The number of carbonyl (C=O) groups is 1. The van der Waals surface area contributed by atoms with Crippen LogP contribution in [-0.4, -0.2) is 25.4 Å². The molecule has 3 aromatic heterocycles. The highest BCUT2D eigenvalue weighted by atomic mass is 19.1. The molecule has 1 aliphatic rings. The Morgan fingerprint density at radius 3 is 2.88 bits per heavy atom. The van der Waals surface area contributed by atoms with Crippen LogP contribution in [-0.2, 0) is 11.3 Å². The Labute approximate surface area is 193 Å². The molecule has 8 heteroatoms. The van der Waals surface area contributed by atoms with Crippen LogP contribution in [0.15, 0.2) is 73.7 Å². The van der Waals surface area contributed by atoms with E-state index < -0.39 is 6.04 Å². The van der Waals surface area contributed by atoms with Crippen molar-refractivity contribution in [3.63, 3.8) is 0 Å². The molecule has 0 spiro atoms. The second-order valence-corrected chi connectivity index (χ2v) is 8.21. The molecular weight excluding hydrogens is 431 g/mol. The van der Waals surface area contributed by atoms with Crippen molar-refractivity contribution in [1.29, 1.82) is 0 Å². The molecule has 5 aromatic rings. The largest absolute Gasteiger partial charge is 0.383 e. The van der Waals surface area contributed by atoms with Gasteiger partial charge in [-0.15, -0.1) is 0 Å². The Morgan fingerprint density at radius 2 is 2.03 bits per heavy atom. The van der Waals surface area contributed by atoms with E-state index in [9.17, 15) is 9.18 Å². The summed E-state index contributed by atoms with van der Waals surface area (Å²) < 4.78 is 16.5. The van der Waals surface area contributed by atoms with E-state index in [0.29, 0.717) is 29.0 Å². The predicted octanol–water partition coefficient (Wildman–Crippen LogP) is 4.39. The summed E-state index contributed by atoms with van der Waals surface area (Å²) in [6.45, 7) is 3.94. The van der Waals surface area contributed by atoms with Gasteiger partial charge in [-0.25, -0.2) is 14.4 Å². The molecule has 166 valence electrons. The summed E-state index contributed by atoms with van der Waals surface area (Å²) >= 11 is 0. The van der Waals surface area contributed by atoms with Crippen molar-refractivity contribution in [2.75, 3.05) is 5.73 Å². The van der Waals surface area contributed by atoms with E-state index in [1.54, 1.807) is 12.3 Å². The number of nitrogens with two attached hydrogens (primary N) is 1. The van der Waals surface area contributed by atoms with Crippen molar-refractivity contribution in [3.05, 3.63) is 85.1 Å². The second-order valence-electron chi connectivity index (χ2n) is 8.21. The van der Waals surface area contributed by atoms with Crippen LogP contribution in [0.2, 0.25) is 0 Å². The van der Waals surface area contributed by atoms with Crippen molar-refractivity contribution in [2.45, 2.75) is 12.6 Å². The smallest absolute Gasteiger partial charge is 0.243 e. The van der Waals surface area contributed by atoms with Crippen molar-refractivity contribution in [1.82, 2.24) is 24.8 Å². The molecule has 0 saturated heterocycles. The lowest BCUT2D eigenvalue weighted by Gasteiger charge is -2.29. The zero-order valence-electron chi connectivity index (χ0n) is 18.0. The van der Waals surface area contributed by atoms with Crippen molar-refractivity contribution < 1.29 is 9.18 Å². The van der Waals surface area contributed by atoms with Gasteiger partial charge in [0.1, 0.15) is 23.6 Å². The molecule has 0 unspecified atom stereocenters. The lowest BCUT2D eigenvalue weighted by Crippen LogP contribution is -2.33. The molecule has 6 rings (SSSR count). The number of hydrogen-bond donors (Lipinski definition) is 2. The third kappa shape index (κ3) is 2.96. The van der Waals surface area contributed by atoms with Gasteiger partial charge in [-0.2, -0.15) is 0 Å². The zero-order chi connectivity index (χ0) is 23.4. The first-order valence-electron chi connectivity index (χ1n) is 10.8. The molecule has 3 N–H and O–H groups in total. The first-order chi connectivity index (χ1) is 16.5. The first-order valence-corrected chi connectivity index (χ1v) is 10.8. The molecule has 7 nitrogen and oxygen atoms in total. The summed E-state index contributed by atoms with van der Waals surface area (Å²) in [5.74, 6) is -0.374. The lowest BCUT2D eigenvalue weighted by atomic mass is 9.90. The minimum Gasteiger partial charge on any atom is -0.383 e. The summed E-state index contributed by atoms with van der Waals surface area (Å²) in [4.78, 5) is 25.5. The molecule has 34 heavy (non-hydrogen) atoms. The number of hydrogen-bond acceptors (Lipinski definition) is 5. The number of amides is 1. The third-order valence-corrected chi connectivity index (χ3v) is 6.26. The van der Waals surface area contributed by atoms with Crippen molar-refractivity contribution >= 4 is 33.7 Å². The molecule has 0 fully saturated rings.